The highest BCUT2D eigenvalue weighted by Gasteiger charge is 2.45. The molecule has 1 unspecified atom stereocenters. The molecule has 0 aliphatic carbocycles. The van der Waals surface area contributed by atoms with Gasteiger partial charge in [-0.2, -0.15) is 5.10 Å². The fourth-order valence-corrected chi connectivity index (χ4v) is 1.69. The van der Waals surface area contributed by atoms with E-state index in [0.29, 0.717) is 0 Å². The van der Waals surface area contributed by atoms with Crippen LogP contribution in [0.3, 0.4) is 0 Å². The van der Waals surface area contributed by atoms with Gasteiger partial charge >= 0.3 is 0 Å². The van der Waals surface area contributed by atoms with Crippen molar-refractivity contribution >= 4 is 0 Å². The minimum absolute atomic E-state index is 0.0725. The lowest BCUT2D eigenvalue weighted by Gasteiger charge is -2.18. The molecular formula is C11H18N2O. The normalized spacial score (nSPS) is 26.6. The molecule has 14 heavy (non-hydrogen) atoms. The zero-order chi connectivity index (χ0) is 10.6. The zero-order valence-electron chi connectivity index (χ0n) is 9.59. The van der Waals surface area contributed by atoms with Crippen molar-refractivity contribution in [1.29, 1.82) is 0 Å². The Morgan fingerprint density at radius 3 is 2.50 bits per heavy atom. The highest BCUT2D eigenvalue weighted by molar-refractivity contribution is 5.32. The number of hydrogen-bond donors (Lipinski definition) is 0. The summed E-state index contributed by atoms with van der Waals surface area (Å²) in [5, 5.41) is 4.53. The standard InChI is InChI=1S/C11H18N2O/c1-10(2,3)9-8(6-13(5)12-9)11(4)7-14-11/h6H,7H2,1-5H3. The van der Waals surface area contributed by atoms with E-state index in [1.165, 1.54) is 5.56 Å². The average Bonchev–Trinajstić information content (AvgIpc) is 2.60. The second-order valence-electron chi connectivity index (χ2n) is 5.33. The van der Waals surface area contributed by atoms with Crippen molar-refractivity contribution in [2.75, 3.05) is 6.61 Å². The number of aryl methyl sites for hydroxylation is 1. The molecular weight excluding hydrogens is 176 g/mol. The van der Waals surface area contributed by atoms with Crippen molar-refractivity contribution in [3.63, 3.8) is 0 Å². The number of hydrogen-bond acceptors (Lipinski definition) is 2. The summed E-state index contributed by atoms with van der Waals surface area (Å²) in [5.74, 6) is 0. The lowest BCUT2D eigenvalue weighted by atomic mass is 9.86. The van der Waals surface area contributed by atoms with Gasteiger partial charge in [0, 0.05) is 24.2 Å². The van der Waals surface area contributed by atoms with E-state index in [1.54, 1.807) is 0 Å². The van der Waals surface area contributed by atoms with E-state index in [1.807, 2.05) is 11.7 Å². The molecule has 1 atom stereocenters. The Morgan fingerprint density at radius 2 is 2.07 bits per heavy atom. The van der Waals surface area contributed by atoms with E-state index in [9.17, 15) is 0 Å². The first-order valence-electron chi connectivity index (χ1n) is 5.01. The van der Waals surface area contributed by atoms with Crippen LogP contribution in [0.1, 0.15) is 39.0 Å². The molecule has 1 aromatic heterocycles. The summed E-state index contributed by atoms with van der Waals surface area (Å²) in [5.41, 5.74) is 2.41. The minimum atomic E-state index is -0.0725. The Bertz CT molecular complexity index is 333. The van der Waals surface area contributed by atoms with Gasteiger partial charge in [-0.15, -0.1) is 0 Å². The van der Waals surface area contributed by atoms with E-state index in [2.05, 4.69) is 39.0 Å². The lowest BCUT2D eigenvalue weighted by molar-refractivity contribution is 0.325. The van der Waals surface area contributed by atoms with Gasteiger partial charge in [0.2, 0.25) is 0 Å². The van der Waals surface area contributed by atoms with Gasteiger partial charge in [-0.25, -0.2) is 0 Å². The molecule has 0 saturated carbocycles. The molecule has 0 N–H and O–H groups in total. The molecule has 0 radical (unpaired) electrons. The van der Waals surface area contributed by atoms with Crippen LogP contribution in [0.15, 0.2) is 6.20 Å². The van der Waals surface area contributed by atoms with E-state index in [4.69, 9.17) is 4.74 Å². The van der Waals surface area contributed by atoms with Gasteiger partial charge in [0.25, 0.3) is 0 Å². The second kappa shape index (κ2) is 2.60. The van der Waals surface area contributed by atoms with Gasteiger partial charge in [0.15, 0.2) is 0 Å². The maximum atomic E-state index is 5.48. The number of rotatable bonds is 1. The van der Waals surface area contributed by atoms with Crippen LogP contribution in [-0.2, 0) is 22.8 Å². The van der Waals surface area contributed by atoms with Gasteiger partial charge in [-0.3, -0.25) is 4.68 Å². The van der Waals surface area contributed by atoms with Crippen molar-refractivity contribution in [2.24, 2.45) is 7.05 Å². The average molecular weight is 194 g/mol. The van der Waals surface area contributed by atoms with Crippen LogP contribution in [0.4, 0.5) is 0 Å². The molecule has 0 spiro atoms. The molecule has 2 rings (SSSR count). The molecule has 1 fully saturated rings. The van der Waals surface area contributed by atoms with Crippen molar-refractivity contribution in [2.45, 2.75) is 38.7 Å². The Morgan fingerprint density at radius 1 is 1.50 bits per heavy atom. The minimum Gasteiger partial charge on any atom is -0.365 e. The van der Waals surface area contributed by atoms with Crippen LogP contribution < -0.4 is 0 Å². The van der Waals surface area contributed by atoms with Crippen LogP contribution in [-0.4, -0.2) is 16.4 Å². The number of aromatic nitrogens is 2. The van der Waals surface area contributed by atoms with Crippen molar-refractivity contribution in [3.8, 4) is 0 Å². The summed E-state index contributed by atoms with van der Waals surface area (Å²) < 4.78 is 7.36. The molecule has 3 nitrogen and oxygen atoms in total. The fraction of sp³-hybridized carbons (Fsp3) is 0.727. The van der Waals surface area contributed by atoms with Crippen LogP contribution in [0.5, 0.6) is 0 Å². The zero-order valence-corrected chi connectivity index (χ0v) is 9.59. The summed E-state index contributed by atoms with van der Waals surface area (Å²) in [6, 6.07) is 0. The largest absolute Gasteiger partial charge is 0.365 e. The molecule has 1 aliphatic heterocycles. The molecule has 0 bridgehead atoms. The topological polar surface area (TPSA) is 30.4 Å². The predicted octanol–water partition coefficient (Wildman–Crippen LogP) is 1.96. The summed E-state index contributed by atoms with van der Waals surface area (Å²) in [7, 11) is 1.96. The third-order valence-electron chi connectivity index (χ3n) is 2.69. The molecule has 1 saturated heterocycles. The monoisotopic (exact) mass is 194 g/mol. The Labute approximate surface area is 85.1 Å². The molecule has 2 heterocycles. The van der Waals surface area contributed by atoms with Crippen molar-refractivity contribution in [1.82, 2.24) is 9.78 Å². The molecule has 0 aromatic carbocycles. The molecule has 1 aliphatic rings. The quantitative estimate of drug-likeness (QED) is 0.640. The summed E-state index contributed by atoms with van der Waals surface area (Å²) in [6.07, 6.45) is 2.08. The summed E-state index contributed by atoms with van der Waals surface area (Å²) >= 11 is 0. The van der Waals surface area contributed by atoms with Crippen LogP contribution >= 0.6 is 0 Å². The van der Waals surface area contributed by atoms with E-state index in [-0.39, 0.29) is 11.0 Å². The number of ether oxygens (including phenoxy) is 1. The van der Waals surface area contributed by atoms with Crippen LogP contribution in [0.25, 0.3) is 0 Å². The van der Waals surface area contributed by atoms with Gasteiger partial charge in [0.05, 0.1) is 12.3 Å². The van der Waals surface area contributed by atoms with E-state index < -0.39 is 0 Å². The van der Waals surface area contributed by atoms with Crippen LogP contribution in [0, 0.1) is 0 Å². The fourth-order valence-electron chi connectivity index (χ4n) is 1.69. The van der Waals surface area contributed by atoms with E-state index >= 15 is 0 Å². The van der Waals surface area contributed by atoms with E-state index in [0.717, 1.165) is 12.3 Å². The Balaban J connectivity index is 2.49. The second-order valence-corrected chi connectivity index (χ2v) is 5.33. The predicted molar refractivity (Wildman–Crippen MR) is 55.2 cm³/mol. The van der Waals surface area contributed by atoms with Gasteiger partial charge in [-0.1, -0.05) is 20.8 Å². The van der Waals surface area contributed by atoms with Gasteiger partial charge in [0.1, 0.15) is 5.60 Å². The number of nitrogens with zero attached hydrogens (tertiary/aromatic N) is 2. The maximum Gasteiger partial charge on any atom is 0.117 e. The maximum absolute atomic E-state index is 5.48. The molecule has 0 amide bonds. The SMILES string of the molecule is Cn1cc(C2(C)CO2)c(C(C)(C)C)n1. The van der Waals surface area contributed by atoms with Crippen LogP contribution in [0.2, 0.25) is 0 Å². The van der Waals surface area contributed by atoms with Crippen molar-refractivity contribution in [3.05, 3.63) is 17.5 Å². The third-order valence-corrected chi connectivity index (χ3v) is 2.69. The third kappa shape index (κ3) is 1.46. The Hall–Kier alpha value is -0.830. The summed E-state index contributed by atoms with van der Waals surface area (Å²) in [4.78, 5) is 0. The first kappa shape index (κ1) is 9.71. The first-order chi connectivity index (χ1) is 6.33. The number of epoxide rings is 1. The summed E-state index contributed by atoms with van der Waals surface area (Å²) in [6.45, 7) is 9.50. The molecule has 78 valence electrons. The van der Waals surface area contributed by atoms with Crippen molar-refractivity contribution < 1.29 is 4.74 Å². The highest BCUT2D eigenvalue weighted by Crippen LogP contribution is 2.42. The first-order valence-corrected chi connectivity index (χ1v) is 5.01. The molecule has 1 aromatic rings. The van der Waals surface area contributed by atoms with Gasteiger partial charge in [-0.05, 0) is 6.92 Å². The smallest absolute Gasteiger partial charge is 0.117 e. The van der Waals surface area contributed by atoms with Gasteiger partial charge < -0.3 is 4.74 Å². The Kier molecular flexibility index (Phi) is 1.80. The lowest BCUT2D eigenvalue weighted by Crippen LogP contribution is -2.18. The molecule has 3 heteroatoms. The highest BCUT2D eigenvalue weighted by atomic mass is 16.6.